The van der Waals surface area contributed by atoms with Crippen molar-refractivity contribution in [3.8, 4) is 5.75 Å². The number of piperidine rings is 1. The van der Waals surface area contributed by atoms with Crippen molar-refractivity contribution in [2.75, 3.05) is 33.3 Å². The third-order valence-electron chi connectivity index (χ3n) is 5.46. The minimum absolute atomic E-state index is 0. The highest BCUT2D eigenvalue weighted by Gasteiger charge is 2.23. The maximum absolute atomic E-state index is 11.8. The molecule has 0 atom stereocenters. The Labute approximate surface area is 214 Å². The highest BCUT2D eigenvalue weighted by atomic mass is 127. The number of nitrogens with one attached hydrogen (secondary N) is 2. The van der Waals surface area contributed by atoms with E-state index in [0.717, 1.165) is 43.1 Å². The van der Waals surface area contributed by atoms with E-state index in [9.17, 15) is 4.79 Å². The van der Waals surface area contributed by atoms with Gasteiger partial charge in [-0.25, -0.2) is 4.79 Å². The molecule has 33 heavy (non-hydrogen) atoms. The van der Waals surface area contributed by atoms with E-state index in [1.165, 1.54) is 5.56 Å². The van der Waals surface area contributed by atoms with Crippen LogP contribution in [-0.2, 0) is 17.8 Å². The maximum atomic E-state index is 11.8. The molecule has 0 aliphatic carbocycles. The Morgan fingerprint density at radius 2 is 1.76 bits per heavy atom. The second kappa shape index (κ2) is 14.6. The molecule has 3 rings (SSSR count). The lowest BCUT2D eigenvalue weighted by atomic mass is 10.1. The van der Waals surface area contributed by atoms with Gasteiger partial charge in [0, 0.05) is 32.7 Å². The maximum Gasteiger partial charge on any atom is 0.409 e. The van der Waals surface area contributed by atoms with Crippen molar-refractivity contribution < 1.29 is 14.3 Å². The Bertz CT molecular complexity index is 854. The minimum Gasteiger partial charge on any atom is -0.489 e. The smallest absolute Gasteiger partial charge is 0.409 e. The van der Waals surface area contributed by atoms with E-state index in [4.69, 9.17) is 9.47 Å². The molecule has 0 saturated carbocycles. The molecule has 180 valence electrons. The number of hydrogen-bond donors (Lipinski definition) is 2. The molecule has 7 nitrogen and oxygen atoms in total. The zero-order chi connectivity index (χ0) is 22.6. The van der Waals surface area contributed by atoms with Crippen molar-refractivity contribution in [3.63, 3.8) is 0 Å². The Hall–Kier alpha value is -2.49. The fraction of sp³-hybridized carbons (Fsp3) is 0.440. The first-order valence-corrected chi connectivity index (χ1v) is 11.3. The molecule has 1 aliphatic heterocycles. The van der Waals surface area contributed by atoms with Gasteiger partial charge in [0.1, 0.15) is 12.4 Å². The van der Waals surface area contributed by atoms with Gasteiger partial charge in [0.2, 0.25) is 0 Å². The summed E-state index contributed by atoms with van der Waals surface area (Å²) in [6, 6.07) is 18.7. The molecule has 2 aromatic rings. The van der Waals surface area contributed by atoms with E-state index in [1.807, 2.05) is 37.3 Å². The molecule has 0 unspecified atom stereocenters. The van der Waals surface area contributed by atoms with Gasteiger partial charge in [-0.15, -0.1) is 24.0 Å². The van der Waals surface area contributed by atoms with E-state index in [0.29, 0.717) is 32.3 Å². The van der Waals surface area contributed by atoms with Gasteiger partial charge in [0.25, 0.3) is 0 Å². The number of rotatable bonds is 8. The normalized spacial score (nSPS) is 14.2. The predicted octanol–water partition coefficient (Wildman–Crippen LogP) is 4.21. The van der Waals surface area contributed by atoms with Crippen LogP contribution in [0, 0.1) is 0 Å². The predicted molar refractivity (Wildman–Crippen MR) is 142 cm³/mol. The van der Waals surface area contributed by atoms with Gasteiger partial charge in [0.05, 0.1) is 6.61 Å². The second-order valence-electron chi connectivity index (χ2n) is 7.77. The molecule has 1 saturated heterocycles. The minimum atomic E-state index is -0.218. The van der Waals surface area contributed by atoms with Crippen molar-refractivity contribution in [3.05, 3.63) is 65.7 Å². The summed E-state index contributed by atoms with van der Waals surface area (Å²) in [6.45, 7) is 5.00. The van der Waals surface area contributed by atoms with Crippen LogP contribution in [0.3, 0.4) is 0 Å². The van der Waals surface area contributed by atoms with Crippen LogP contribution in [0.2, 0.25) is 0 Å². The number of amides is 1. The zero-order valence-electron chi connectivity index (χ0n) is 19.5. The molecule has 1 fully saturated rings. The van der Waals surface area contributed by atoms with Gasteiger partial charge >= 0.3 is 6.09 Å². The van der Waals surface area contributed by atoms with E-state index in [2.05, 4.69) is 39.9 Å². The molecule has 1 aliphatic rings. The van der Waals surface area contributed by atoms with Crippen LogP contribution in [0.15, 0.2) is 59.6 Å². The first-order valence-electron chi connectivity index (χ1n) is 11.3. The molecule has 1 heterocycles. The summed E-state index contributed by atoms with van der Waals surface area (Å²) in [7, 11) is 1.78. The summed E-state index contributed by atoms with van der Waals surface area (Å²) >= 11 is 0. The zero-order valence-corrected chi connectivity index (χ0v) is 21.8. The molecule has 0 bridgehead atoms. The standard InChI is InChI=1S/C25H34N4O3.HI/c1-3-31-25(30)29-17-14-22(15-18-29)28-24(26-2)27-16-13-20-9-11-23(12-10-20)32-19-21-7-5-4-6-8-21;/h4-12,22H,3,13-19H2,1-2H3,(H2,26,27,28);1H. The molecule has 2 aromatic carbocycles. The van der Waals surface area contributed by atoms with Gasteiger partial charge in [-0.3, -0.25) is 4.99 Å². The van der Waals surface area contributed by atoms with Crippen LogP contribution in [0.25, 0.3) is 0 Å². The highest BCUT2D eigenvalue weighted by molar-refractivity contribution is 14.0. The summed E-state index contributed by atoms with van der Waals surface area (Å²) < 4.78 is 10.9. The molecular formula is C25H35IN4O3. The van der Waals surface area contributed by atoms with Crippen molar-refractivity contribution in [1.29, 1.82) is 0 Å². The summed E-state index contributed by atoms with van der Waals surface area (Å²) in [6.07, 6.45) is 2.43. The largest absolute Gasteiger partial charge is 0.489 e. The lowest BCUT2D eigenvalue weighted by Gasteiger charge is -2.32. The lowest BCUT2D eigenvalue weighted by Crippen LogP contribution is -2.50. The van der Waals surface area contributed by atoms with Crippen LogP contribution in [0.1, 0.15) is 30.9 Å². The Morgan fingerprint density at radius 3 is 2.39 bits per heavy atom. The molecule has 2 N–H and O–H groups in total. The van der Waals surface area contributed by atoms with Crippen molar-refractivity contribution in [2.24, 2.45) is 4.99 Å². The van der Waals surface area contributed by atoms with Crippen molar-refractivity contribution in [2.45, 2.75) is 38.8 Å². The summed E-state index contributed by atoms with van der Waals surface area (Å²) in [5.74, 6) is 1.67. The number of ether oxygens (including phenoxy) is 2. The molecule has 1 amide bonds. The first-order chi connectivity index (χ1) is 15.7. The fourth-order valence-corrected chi connectivity index (χ4v) is 3.63. The van der Waals surface area contributed by atoms with Crippen LogP contribution in [0.5, 0.6) is 5.75 Å². The number of likely N-dealkylation sites (tertiary alicyclic amines) is 1. The van der Waals surface area contributed by atoms with Crippen molar-refractivity contribution in [1.82, 2.24) is 15.5 Å². The van der Waals surface area contributed by atoms with Gasteiger partial charge in [0.15, 0.2) is 5.96 Å². The van der Waals surface area contributed by atoms with E-state index in [-0.39, 0.29) is 30.1 Å². The van der Waals surface area contributed by atoms with Crippen LogP contribution < -0.4 is 15.4 Å². The number of guanidine groups is 1. The first kappa shape index (κ1) is 26.8. The topological polar surface area (TPSA) is 75.2 Å². The third kappa shape index (κ3) is 9.11. The number of halogens is 1. The quantitative estimate of drug-likeness (QED) is 0.285. The SMILES string of the molecule is CCOC(=O)N1CCC(NC(=NC)NCCc2ccc(OCc3ccccc3)cc2)CC1.I. The van der Waals surface area contributed by atoms with E-state index < -0.39 is 0 Å². The lowest BCUT2D eigenvalue weighted by molar-refractivity contribution is 0.0963. The number of nitrogens with zero attached hydrogens (tertiary/aromatic N) is 2. The number of carbonyl (C=O) groups excluding carboxylic acids is 1. The van der Waals surface area contributed by atoms with Crippen LogP contribution in [0.4, 0.5) is 4.79 Å². The Morgan fingerprint density at radius 1 is 1.06 bits per heavy atom. The summed E-state index contributed by atoms with van der Waals surface area (Å²) in [4.78, 5) is 17.9. The van der Waals surface area contributed by atoms with E-state index >= 15 is 0 Å². The number of carbonyl (C=O) groups is 1. The van der Waals surface area contributed by atoms with Gasteiger partial charge < -0.3 is 25.0 Å². The summed E-state index contributed by atoms with van der Waals surface area (Å²) in [5, 5.41) is 6.85. The third-order valence-corrected chi connectivity index (χ3v) is 5.46. The van der Waals surface area contributed by atoms with Gasteiger partial charge in [-0.2, -0.15) is 0 Å². The average molecular weight is 566 g/mol. The number of aliphatic imine (C=N–C) groups is 1. The monoisotopic (exact) mass is 566 g/mol. The molecular weight excluding hydrogens is 531 g/mol. The summed E-state index contributed by atoms with van der Waals surface area (Å²) in [5.41, 5.74) is 2.40. The van der Waals surface area contributed by atoms with Gasteiger partial charge in [-0.05, 0) is 49.4 Å². The highest BCUT2D eigenvalue weighted by Crippen LogP contribution is 2.15. The van der Waals surface area contributed by atoms with Crippen LogP contribution in [-0.4, -0.2) is 56.3 Å². The van der Waals surface area contributed by atoms with Crippen molar-refractivity contribution >= 4 is 36.0 Å². The molecule has 0 radical (unpaired) electrons. The Balaban J connectivity index is 0.00000385. The average Bonchev–Trinajstić information content (AvgIpc) is 2.84. The second-order valence-corrected chi connectivity index (χ2v) is 7.77. The Kier molecular flexibility index (Phi) is 11.9. The molecule has 0 aromatic heterocycles. The number of benzene rings is 2. The van der Waals surface area contributed by atoms with E-state index in [1.54, 1.807) is 11.9 Å². The fourth-order valence-electron chi connectivity index (χ4n) is 3.63. The number of hydrogen-bond acceptors (Lipinski definition) is 4. The molecule has 8 heteroatoms. The van der Waals surface area contributed by atoms with Gasteiger partial charge in [-0.1, -0.05) is 42.5 Å². The molecule has 0 spiro atoms. The van der Waals surface area contributed by atoms with Crippen LogP contribution >= 0.6 is 24.0 Å².